The van der Waals surface area contributed by atoms with Gasteiger partial charge in [0.2, 0.25) is 0 Å². The van der Waals surface area contributed by atoms with Gasteiger partial charge in [0, 0.05) is 0 Å². The van der Waals surface area contributed by atoms with Gasteiger partial charge in [-0.1, -0.05) is 12.1 Å². The number of carboxylic acid groups (broad SMARTS) is 1. The highest BCUT2D eigenvalue weighted by atomic mass is 19.4. The maximum atomic E-state index is 13.5. The van der Waals surface area contributed by atoms with E-state index in [-0.39, 0.29) is 0 Å². The predicted octanol–water partition coefficient (Wildman–Crippen LogP) is 4.40. The lowest BCUT2D eigenvalue weighted by Crippen LogP contribution is -2.16. The summed E-state index contributed by atoms with van der Waals surface area (Å²) in [6, 6.07) is 7.10. The molecule has 0 aliphatic carbocycles. The number of ether oxygens (including phenoxy) is 1. The van der Waals surface area contributed by atoms with Crippen molar-refractivity contribution >= 4 is 5.97 Å². The highest BCUT2D eigenvalue weighted by molar-refractivity contribution is 5.90. The number of carboxylic acids is 1. The van der Waals surface area contributed by atoms with Crippen molar-refractivity contribution in [3.8, 4) is 16.9 Å². The van der Waals surface area contributed by atoms with Crippen molar-refractivity contribution in [2.24, 2.45) is 0 Å². The van der Waals surface area contributed by atoms with Crippen molar-refractivity contribution < 1.29 is 32.2 Å². The summed E-state index contributed by atoms with van der Waals surface area (Å²) < 4.78 is 53.5. The second kappa shape index (κ2) is 5.67. The van der Waals surface area contributed by atoms with E-state index in [2.05, 4.69) is 4.74 Å². The van der Waals surface area contributed by atoms with Crippen molar-refractivity contribution in [3.63, 3.8) is 0 Å². The molecule has 2 rings (SSSR count). The highest BCUT2D eigenvalue weighted by Crippen LogP contribution is 2.29. The Morgan fingerprint density at radius 2 is 1.73 bits per heavy atom. The van der Waals surface area contributed by atoms with E-state index in [0.29, 0.717) is 16.7 Å². The van der Waals surface area contributed by atoms with Crippen molar-refractivity contribution in [3.05, 3.63) is 53.3 Å². The number of carbonyl (C=O) groups is 1. The van der Waals surface area contributed by atoms with E-state index in [0.717, 1.165) is 24.3 Å². The number of benzene rings is 2. The number of rotatable bonds is 3. The number of aryl methyl sites for hydroxylation is 1. The van der Waals surface area contributed by atoms with E-state index in [4.69, 9.17) is 5.11 Å². The Kier molecular flexibility index (Phi) is 4.07. The summed E-state index contributed by atoms with van der Waals surface area (Å²) in [5.74, 6) is -2.68. The first-order valence-corrected chi connectivity index (χ1v) is 6.07. The Morgan fingerprint density at radius 1 is 1.14 bits per heavy atom. The minimum absolute atomic E-state index is 0.394. The van der Waals surface area contributed by atoms with E-state index >= 15 is 0 Å². The summed E-state index contributed by atoms with van der Waals surface area (Å²) >= 11 is 0. The molecule has 1 N–H and O–H groups in total. The molecule has 0 radical (unpaired) electrons. The first-order valence-electron chi connectivity index (χ1n) is 6.07. The topological polar surface area (TPSA) is 46.5 Å². The van der Waals surface area contributed by atoms with Crippen LogP contribution in [-0.2, 0) is 0 Å². The SMILES string of the molecule is Cc1cc(F)c(C(=O)O)cc1-c1ccc(OC(F)(F)F)cc1. The van der Waals surface area contributed by atoms with Gasteiger partial charge in [0.15, 0.2) is 0 Å². The monoisotopic (exact) mass is 314 g/mol. The minimum atomic E-state index is -4.79. The van der Waals surface area contributed by atoms with Crippen molar-refractivity contribution in [1.82, 2.24) is 0 Å². The van der Waals surface area contributed by atoms with Gasteiger partial charge in [-0.3, -0.25) is 0 Å². The van der Waals surface area contributed by atoms with Crippen LogP contribution in [0.3, 0.4) is 0 Å². The van der Waals surface area contributed by atoms with Crippen molar-refractivity contribution in [2.45, 2.75) is 13.3 Å². The van der Waals surface area contributed by atoms with E-state index in [1.807, 2.05) is 0 Å². The number of hydrogen-bond donors (Lipinski definition) is 1. The Morgan fingerprint density at radius 3 is 2.23 bits per heavy atom. The molecule has 2 aromatic carbocycles. The molecule has 0 fully saturated rings. The smallest absolute Gasteiger partial charge is 0.478 e. The molecular formula is C15H10F4O3. The van der Waals surface area contributed by atoms with Gasteiger partial charge in [-0.15, -0.1) is 13.2 Å². The normalized spacial score (nSPS) is 11.3. The zero-order valence-electron chi connectivity index (χ0n) is 11.2. The second-order valence-corrected chi connectivity index (χ2v) is 4.52. The van der Waals surface area contributed by atoms with Crippen molar-refractivity contribution in [1.29, 1.82) is 0 Å². The number of aromatic carboxylic acids is 1. The summed E-state index contributed by atoms with van der Waals surface area (Å²) in [7, 11) is 0. The average molecular weight is 314 g/mol. The largest absolute Gasteiger partial charge is 0.573 e. The lowest BCUT2D eigenvalue weighted by molar-refractivity contribution is -0.274. The third-order valence-electron chi connectivity index (χ3n) is 2.94. The molecule has 0 bridgehead atoms. The molecular weight excluding hydrogens is 304 g/mol. The lowest BCUT2D eigenvalue weighted by Gasteiger charge is -2.11. The van der Waals surface area contributed by atoms with Crippen LogP contribution in [0.25, 0.3) is 11.1 Å². The van der Waals surface area contributed by atoms with E-state index < -0.39 is 29.5 Å². The van der Waals surface area contributed by atoms with Crippen LogP contribution in [0.4, 0.5) is 17.6 Å². The van der Waals surface area contributed by atoms with Crippen LogP contribution >= 0.6 is 0 Å². The van der Waals surface area contributed by atoms with E-state index in [1.54, 1.807) is 6.92 Å². The molecule has 0 saturated carbocycles. The zero-order valence-corrected chi connectivity index (χ0v) is 11.2. The molecule has 0 atom stereocenters. The number of alkyl halides is 3. The van der Waals surface area contributed by atoms with Crippen LogP contribution in [0.15, 0.2) is 36.4 Å². The molecule has 0 saturated heterocycles. The van der Waals surface area contributed by atoms with Gasteiger partial charge < -0.3 is 9.84 Å². The summed E-state index contributed by atoms with van der Waals surface area (Å²) in [5.41, 5.74) is 0.829. The standard InChI is InChI=1S/C15H10F4O3/c1-8-6-13(16)12(14(20)21)7-11(8)9-2-4-10(5-3-9)22-15(17,18)19/h2-7H,1H3,(H,20,21). The summed E-state index contributed by atoms with van der Waals surface area (Å²) in [5, 5.41) is 8.91. The summed E-state index contributed by atoms with van der Waals surface area (Å²) in [6.07, 6.45) is -4.79. The van der Waals surface area contributed by atoms with Gasteiger partial charge in [-0.05, 0) is 47.9 Å². The van der Waals surface area contributed by atoms with Gasteiger partial charge in [-0.25, -0.2) is 9.18 Å². The fourth-order valence-corrected chi connectivity index (χ4v) is 1.98. The molecule has 2 aromatic rings. The van der Waals surface area contributed by atoms with Gasteiger partial charge in [0.1, 0.15) is 11.6 Å². The van der Waals surface area contributed by atoms with Gasteiger partial charge >= 0.3 is 12.3 Å². The highest BCUT2D eigenvalue weighted by Gasteiger charge is 2.31. The predicted molar refractivity (Wildman–Crippen MR) is 70.2 cm³/mol. The number of halogens is 4. The first kappa shape index (κ1) is 15.8. The molecule has 7 heteroatoms. The summed E-state index contributed by atoms with van der Waals surface area (Å²) in [4.78, 5) is 10.9. The van der Waals surface area contributed by atoms with Crippen LogP contribution in [-0.4, -0.2) is 17.4 Å². The van der Waals surface area contributed by atoms with Gasteiger partial charge in [-0.2, -0.15) is 0 Å². The van der Waals surface area contributed by atoms with Gasteiger partial charge in [0.05, 0.1) is 5.56 Å². The first-order chi connectivity index (χ1) is 10.2. The molecule has 0 aliphatic heterocycles. The Bertz CT molecular complexity index is 706. The van der Waals surface area contributed by atoms with Crippen LogP contribution in [0.2, 0.25) is 0 Å². The maximum absolute atomic E-state index is 13.5. The molecule has 0 spiro atoms. The molecule has 3 nitrogen and oxygen atoms in total. The molecule has 0 heterocycles. The Labute approximate surface area is 122 Å². The Hall–Kier alpha value is -2.57. The van der Waals surface area contributed by atoms with Crippen LogP contribution < -0.4 is 4.74 Å². The third kappa shape index (κ3) is 3.55. The van der Waals surface area contributed by atoms with Gasteiger partial charge in [0.25, 0.3) is 0 Å². The number of hydrogen-bond acceptors (Lipinski definition) is 2. The molecule has 0 unspecified atom stereocenters. The fraction of sp³-hybridized carbons (Fsp3) is 0.133. The minimum Gasteiger partial charge on any atom is -0.478 e. The summed E-state index contributed by atoms with van der Waals surface area (Å²) in [6.45, 7) is 1.57. The van der Waals surface area contributed by atoms with Crippen LogP contribution in [0.5, 0.6) is 5.75 Å². The van der Waals surface area contributed by atoms with E-state index in [9.17, 15) is 22.4 Å². The zero-order chi connectivity index (χ0) is 16.5. The van der Waals surface area contributed by atoms with Crippen molar-refractivity contribution in [2.75, 3.05) is 0 Å². The quantitative estimate of drug-likeness (QED) is 0.854. The third-order valence-corrected chi connectivity index (χ3v) is 2.94. The molecule has 0 aromatic heterocycles. The second-order valence-electron chi connectivity index (χ2n) is 4.52. The molecule has 0 aliphatic rings. The molecule has 116 valence electrons. The Balaban J connectivity index is 2.40. The molecule has 22 heavy (non-hydrogen) atoms. The lowest BCUT2D eigenvalue weighted by atomic mass is 9.97. The average Bonchev–Trinajstić information content (AvgIpc) is 2.38. The fourth-order valence-electron chi connectivity index (χ4n) is 1.98. The maximum Gasteiger partial charge on any atom is 0.573 e. The molecule has 0 amide bonds. The van der Waals surface area contributed by atoms with Crippen LogP contribution in [0, 0.1) is 12.7 Å². The van der Waals surface area contributed by atoms with E-state index in [1.165, 1.54) is 12.1 Å². The van der Waals surface area contributed by atoms with Crippen LogP contribution in [0.1, 0.15) is 15.9 Å².